The number of carbonyl (C=O) groups excluding carboxylic acids is 1. The Hall–Kier alpha value is -3.29. The smallest absolute Gasteiger partial charge is 0.416 e. The van der Waals surface area contributed by atoms with Gasteiger partial charge in [0, 0.05) is 18.3 Å². The van der Waals surface area contributed by atoms with Crippen molar-refractivity contribution in [3.63, 3.8) is 0 Å². The molecule has 3 rings (SSSR count). The number of alkyl halides is 3. The summed E-state index contributed by atoms with van der Waals surface area (Å²) in [6, 6.07) is 11.0. The summed E-state index contributed by atoms with van der Waals surface area (Å²) in [5, 5.41) is 7.13. The Kier molecular flexibility index (Phi) is 5.63. The fraction of sp³-hybridized carbons (Fsp3) is 0.238. The maximum atomic E-state index is 12.8. The minimum atomic E-state index is -4.44. The lowest BCUT2D eigenvalue weighted by molar-refractivity contribution is -0.137. The molecule has 0 atom stereocenters. The molecule has 0 saturated carbocycles. The van der Waals surface area contributed by atoms with Crippen LogP contribution in [0.25, 0.3) is 0 Å². The Bertz CT molecular complexity index is 1020. The second-order valence-corrected chi connectivity index (χ2v) is 6.50. The van der Waals surface area contributed by atoms with Crippen molar-refractivity contribution in [2.75, 3.05) is 5.32 Å². The molecule has 0 aliphatic carbocycles. The van der Waals surface area contributed by atoms with Gasteiger partial charge in [0.1, 0.15) is 17.2 Å². The number of amides is 1. The molecular formula is C21H20F3N3O2. The SMILES string of the molecule is CCc1nn(C)c(C(=O)Nc2ccc(Oc3cccc(C(F)(F)F)c3)cc2)c1C. The van der Waals surface area contributed by atoms with Crippen molar-refractivity contribution >= 4 is 11.6 Å². The summed E-state index contributed by atoms with van der Waals surface area (Å²) in [5.41, 5.74) is 1.92. The van der Waals surface area contributed by atoms with E-state index in [2.05, 4.69) is 10.4 Å². The zero-order valence-electron chi connectivity index (χ0n) is 16.2. The maximum Gasteiger partial charge on any atom is 0.416 e. The van der Waals surface area contributed by atoms with Crippen LogP contribution < -0.4 is 10.1 Å². The second-order valence-electron chi connectivity index (χ2n) is 6.50. The highest BCUT2D eigenvalue weighted by Crippen LogP contribution is 2.32. The second kappa shape index (κ2) is 7.98. The fourth-order valence-corrected chi connectivity index (χ4v) is 3.01. The third-order valence-electron chi connectivity index (χ3n) is 4.44. The molecule has 1 aromatic heterocycles. The molecule has 8 heteroatoms. The van der Waals surface area contributed by atoms with Gasteiger partial charge in [-0.1, -0.05) is 13.0 Å². The number of hydrogen-bond acceptors (Lipinski definition) is 3. The van der Waals surface area contributed by atoms with Gasteiger partial charge in [-0.05, 0) is 55.8 Å². The number of aromatic nitrogens is 2. The van der Waals surface area contributed by atoms with Crippen LogP contribution in [0.1, 0.15) is 34.2 Å². The Morgan fingerprint density at radius 1 is 1.14 bits per heavy atom. The third kappa shape index (κ3) is 4.59. The monoisotopic (exact) mass is 403 g/mol. The van der Waals surface area contributed by atoms with E-state index in [9.17, 15) is 18.0 Å². The quantitative estimate of drug-likeness (QED) is 0.624. The highest BCUT2D eigenvalue weighted by atomic mass is 19.4. The number of benzene rings is 2. The first-order valence-corrected chi connectivity index (χ1v) is 8.98. The lowest BCUT2D eigenvalue weighted by atomic mass is 10.1. The molecule has 1 amide bonds. The van der Waals surface area contributed by atoms with Gasteiger partial charge in [-0.25, -0.2) is 0 Å². The molecule has 5 nitrogen and oxygen atoms in total. The number of carbonyl (C=O) groups is 1. The summed E-state index contributed by atoms with van der Waals surface area (Å²) < 4.78 is 45.4. The Labute approximate surface area is 166 Å². The molecule has 0 bridgehead atoms. The first-order chi connectivity index (χ1) is 13.7. The molecular weight excluding hydrogens is 383 g/mol. The molecule has 0 fully saturated rings. The first kappa shape index (κ1) is 20.4. The van der Waals surface area contributed by atoms with Gasteiger partial charge in [-0.15, -0.1) is 0 Å². The lowest BCUT2D eigenvalue weighted by Crippen LogP contribution is -2.17. The molecule has 1 heterocycles. The Morgan fingerprint density at radius 3 is 2.41 bits per heavy atom. The van der Waals surface area contributed by atoms with E-state index in [0.717, 1.165) is 29.8 Å². The van der Waals surface area contributed by atoms with Crippen LogP contribution in [0.15, 0.2) is 48.5 Å². The molecule has 0 spiro atoms. The van der Waals surface area contributed by atoms with Gasteiger partial charge in [0.05, 0.1) is 11.3 Å². The summed E-state index contributed by atoms with van der Waals surface area (Å²) >= 11 is 0. The van der Waals surface area contributed by atoms with E-state index >= 15 is 0 Å². The molecule has 0 aliphatic heterocycles. The number of ether oxygens (including phenoxy) is 1. The minimum absolute atomic E-state index is 0.0780. The standard InChI is InChI=1S/C21H20F3N3O2/c1-4-18-13(2)19(27(3)26-18)20(28)25-15-8-10-16(11-9-15)29-17-7-5-6-14(12-17)21(22,23)24/h5-12H,4H2,1-3H3,(H,25,28). The number of rotatable bonds is 5. The predicted molar refractivity (Wildman–Crippen MR) is 103 cm³/mol. The third-order valence-corrected chi connectivity index (χ3v) is 4.44. The summed E-state index contributed by atoms with van der Waals surface area (Å²) in [6.45, 7) is 3.83. The zero-order valence-corrected chi connectivity index (χ0v) is 16.2. The topological polar surface area (TPSA) is 56.2 Å². The van der Waals surface area contributed by atoms with Crippen molar-refractivity contribution in [1.29, 1.82) is 0 Å². The summed E-state index contributed by atoms with van der Waals surface area (Å²) in [7, 11) is 1.72. The van der Waals surface area contributed by atoms with E-state index in [4.69, 9.17) is 4.74 Å². The van der Waals surface area contributed by atoms with Gasteiger partial charge in [0.2, 0.25) is 0 Å². The number of nitrogens with zero attached hydrogens (tertiary/aromatic N) is 2. The largest absolute Gasteiger partial charge is 0.457 e. The number of nitrogens with one attached hydrogen (secondary N) is 1. The first-order valence-electron chi connectivity index (χ1n) is 8.98. The van der Waals surface area contributed by atoms with Crippen molar-refractivity contribution in [2.24, 2.45) is 7.05 Å². The van der Waals surface area contributed by atoms with Gasteiger partial charge in [0.15, 0.2) is 0 Å². The number of halogens is 3. The molecule has 0 aliphatic rings. The van der Waals surface area contributed by atoms with Crippen LogP contribution in [0.4, 0.5) is 18.9 Å². The molecule has 0 unspecified atom stereocenters. The average molecular weight is 403 g/mol. The highest BCUT2D eigenvalue weighted by molar-refractivity contribution is 6.04. The number of hydrogen-bond donors (Lipinski definition) is 1. The van der Waals surface area contributed by atoms with Crippen LogP contribution in [-0.4, -0.2) is 15.7 Å². The maximum absolute atomic E-state index is 12.8. The molecule has 2 aromatic carbocycles. The summed E-state index contributed by atoms with van der Waals surface area (Å²) in [5.74, 6) is 0.144. The Balaban J connectivity index is 1.71. The van der Waals surface area contributed by atoms with E-state index in [1.165, 1.54) is 12.1 Å². The van der Waals surface area contributed by atoms with Crippen LogP contribution in [0.3, 0.4) is 0 Å². The van der Waals surface area contributed by atoms with E-state index in [1.807, 2.05) is 13.8 Å². The van der Waals surface area contributed by atoms with Gasteiger partial charge in [-0.2, -0.15) is 18.3 Å². The zero-order chi connectivity index (χ0) is 21.2. The normalized spacial score (nSPS) is 11.4. The van der Waals surface area contributed by atoms with Gasteiger partial charge in [-0.3, -0.25) is 9.48 Å². The van der Waals surface area contributed by atoms with Crippen LogP contribution in [0.2, 0.25) is 0 Å². The molecule has 1 N–H and O–H groups in total. The molecule has 0 radical (unpaired) electrons. The average Bonchev–Trinajstić information content (AvgIpc) is 2.96. The number of aryl methyl sites for hydroxylation is 2. The van der Waals surface area contributed by atoms with Crippen LogP contribution in [0, 0.1) is 6.92 Å². The van der Waals surface area contributed by atoms with Crippen molar-refractivity contribution in [1.82, 2.24) is 9.78 Å². The van der Waals surface area contributed by atoms with Crippen molar-refractivity contribution in [2.45, 2.75) is 26.4 Å². The van der Waals surface area contributed by atoms with Crippen LogP contribution >= 0.6 is 0 Å². The molecule has 3 aromatic rings. The predicted octanol–water partition coefficient (Wildman–Crippen LogP) is 5.35. The molecule has 0 saturated heterocycles. The number of anilines is 1. The molecule has 29 heavy (non-hydrogen) atoms. The summed E-state index contributed by atoms with van der Waals surface area (Å²) in [6.07, 6.45) is -3.70. The van der Waals surface area contributed by atoms with Crippen molar-refractivity contribution in [3.8, 4) is 11.5 Å². The summed E-state index contributed by atoms with van der Waals surface area (Å²) in [4.78, 5) is 12.6. The van der Waals surface area contributed by atoms with E-state index in [0.29, 0.717) is 17.1 Å². The van der Waals surface area contributed by atoms with Crippen LogP contribution in [-0.2, 0) is 19.6 Å². The van der Waals surface area contributed by atoms with Gasteiger partial charge < -0.3 is 10.1 Å². The van der Waals surface area contributed by atoms with Gasteiger partial charge >= 0.3 is 6.18 Å². The van der Waals surface area contributed by atoms with Crippen molar-refractivity contribution < 1.29 is 22.7 Å². The van der Waals surface area contributed by atoms with E-state index < -0.39 is 11.7 Å². The van der Waals surface area contributed by atoms with E-state index in [1.54, 1.807) is 36.0 Å². The Morgan fingerprint density at radius 2 is 1.83 bits per heavy atom. The fourth-order valence-electron chi connectivity index (χ4n) is 3.01. The van der Waals surface area contributed by atoms with Crippen molar-refractivity contribution in [3.05, 3.63) is 71.0 Å². The highest BCUT2D eigenvalue weighted by Gasteiger charge is 2.30. The molecule has 152 valence electrons. The minimum Gasteiger partial charge on any atom is -0.457 e. The van der Waals surface area contributed by atoms with E-state index in [-0.39, 0.29) is 11.7 Å². The lowest BCUT2D eigenvalue weighted by Gasteiger charge is -2.11. The van der Waals surface area contributed by atoms with Gasteiger partial charge in [0.25, 0.3) is 5.91 Å². The van der Waals surface area contributed by atoms with Crippen LogP contribution in [0.5, 0.6) is 11.5 Å².